The van der Waals surface area contributed by atoms with Gasteiger partial charge in [0.25, 0.3) is 0 Å². The summed E-state index contributed by atoms with van der Waals surface area (Å²) in [5.41, 5.74) is 0. The Morgan fingerprint density at radius 2 is 2.32 bits per heavy atom. The normalized spacial score (nSPS) is 19.9. The minimum Gasteiger partial charge on any atom is -0.475 e. The van der Waals surface area contributed by atoms with Crippen LogP contribution in [-0.2, 0) is 4.79 Å². The smallest absolute Gasteiger partial charge is 0.422 e. The van der Waals surface area contributed by atoms with Crippen molar-refractivity contribution in [1.82, 2.24) is 10.6 Å². The third-order valence-electron chi connectivity index (χ3n) is 3.42. The summed E-state index contributed by atoms with van der Waals surface area (Å²) in [5, 5.41) is 6.28. The second-order valence-corrected chi connectivity index (χ2v) is 6.49. The van der Waals surface area contributed by atoms with E-state index in [0.717, 1.165) is 35.7 Å². The quantitative estimate of drug-likeness (QED) is 0.840. The van der Waals surface area contributed by atoms with Gasteiger partial charge in [0, 0.05) is 11.3 Å². The van der Waals surface area contributed by atoms with E-state index in [1.807, 2.05) is 6.92 Å². The molecule has 2 rings (SSSR count). The number of rotatable bonds is 6. The van der Waals surface area contributed by atoms with Gasteiger partial charge in [-0.3, -0.25) is 4.79 Å². The second-order valence-electron chi connectivity index (χ2n) is 5.41. The maximum Gasteiger partial charge on any atom is 0.422 e. The predicted molar refractivity (Wildman–Crippen MR) is 78.0 cm³/mol. The van der Waals surface area contributed by atoms with Crippen molar-refractivity contribution in [1.29, 1.82) is 0 Å². The number of alkyl halides is 3. The Balaban J connectivity index is 1.80. The molecule has 1 saturated heterocycles. The zero-order valence-corrected chi connectivity index (χ0v) is 13.0. The van der Waals surface area contributed by atoms with E-state index < -0.39 is 12.8 Å². The molecular formula is C14H19F3N2O2S. The highest BCUT2D eigenvalue weighted by atomic mass is 32.1. The first-order chi connectivity index (χ1) is 10.3. The van der Waals surface area contributed by atoms with Crippen molar-refractivity contribution >= 4 is 17.2 Å². The van der Waals surface area contributed by atoms with Crippen LogP contribution in [0.3, 0.4) is 0 Å². The Morgan fingerprint density at radius 3 is 2.95 bits per heavy atom. The van der Waals surface area contributed by atoms with Crippen molar-refractivity contribution < 1.29 is 22.7 Å². The van der Waals surface area contributed by atoms with Gasteiger partial charge in [-0.05, 0) is 44.5 Å². The lowest BCUT2D eigenvalue weighted by Crippen LogP contribution is -2.28. The molecule has 1 fully saturated rings. The predicted octanol–water partition coefficient (Wildman–Crippen LogP) is 2.87. The van der Waals surface area contributed by atoms with Crippen LogP contribution >= 0.6 is 11.3 Å². The summed E-state index contributed by atoms with van der Waals surface area (Å²) < 4.78 is 41.0. The molecule has 22 heavy (non-hydrogen) atoms. The molecule has 1 aromatic heterocycles. The molecule has 0 spiro atoms. The van der Waals surface area contributed by atoms with Crippen molar-refractivity contribution in [3.63, 3.8) is 0 Å². The fourth-order valence-electron chi connectivity index (χ4n) is 2.32. The highest BCUT2D eigenvalue weighted by Crippen LogP contribution is 2.30. The molecule has 1 aliphatic heterocycles. The van der Waals surface area contributed by atoms with E-state index in [9.17, 15) is 18.0 Å². The molecule has 124 valence electrons. The van der Waals surface area contributed by atoms with Crippen LogP contribution < -0.4 is 15.4 Å². The van der Waals surface area contributed by atoms with Crippen molar-refractivity contribution in [2.45, 2.75) is 32.0 Å². The van der Waals surface area contributed by atoms with E-state index in [0.29, 0.717) is 12.3 Å². The minimum absolute atomic E-state index is 0.0349. The van der Waals surface area contributed by atoms with Crippen molar-refractivity contribution in [3.8, 4) is 5.06 Å². The number of carbonyl (C=O) groups is 1. The first kappa shape index (κ1) is 17.1. The fourth-order valence-corrected chi connectivity index (χ4v) is 3.18. The Hall–Kier alpha value is -1.28. The van der Waals surface area contributed by atoms with Gasteiger partial charge in [0.15, 0.2) is 11.7 Å². The molecule has 4 nitrogen and oxygen atoms in total. The Labute approximate surface area is 131 Å². The summed E-state index contributed by atoms with van der Waals surface area (Å²) in [5.74, 6) is 0.327. The first-order valence-electron chi connectivity index (χ1n) is 7.13. The monoisotopic (exact) mass is 336 g/mol. The SMILES string of the molecule is C[C@@H](NC(=O)C[C@H]1CCNC1)c1ccc(OCC(F)(F)F)s1. The number of amides is 1. The van der Waals surface area contributed by atoms with Crippen LogP contribution in [0.15, 0.2) is 12.1 Å². The summed E-state index contributed by atoms with van der Waals surface area (Å²) in [4.78, 5) is 12.7. The highest BCUT2D eigenvalue weighted by Gasteiger charge is 2.28. The van der Waals surface area contributed by atoms with Crippen molar-refractivity contribution in [2.24, 2.45) is 5.92 Å². The summed E-state index contributed by atoms with van der Waals surface area (Å²) in [6.45, 7) is 2.31. The molecule has 0 aromatic carbocycles. The molecule has 1 aliphatic rings. The van der Waals surface area contributed by atoms with Crippen LogP contribution in [0, 0.1) is 5.92 Å². The second kappa shape index (κ2) is 7.32. The maximum atomic E-state index is 12.1. The van der Waals surface area contributed by atoms with Crippen LogP contribution in [0.25, 0.3) is 0 Å². The average Bonchev–Trinajstić information content (AvgIpc) is 3.05. The zero-order valence-electron chi connectivity index (χ0n) is 12.2. The largest absolute Gasteiger partial charge is 0.475 e. The molecular weight excluding hydrogens is 317 g/mol. The number of thiophene rings is 1. The van der Waals surface area contributed by atoms with Gasteiger partial charge in [-0.1, -0.05) is 0 Å². The van der Waals surface area contributed by atoms with E-state index >= 15 is 0 Å². The van der Waals surface area contributed by atoms with Crippen LogP contribution in [-0.4, -0.2) is 31.8 Å². The number of nitrogens with one attached hydrogen (secondary N) is 2. The molecule has 0 radical (unpaired) electrons. The first-order valence-corrected chi connectivity index (χ1v) is 7.94. The maximum absolute atomic E-state index is 12.1. The summed E-state index contributed by atoms with van der Waals surface area (Å²) in [7, 11) is 0. The van der Waals surface area contributed by atoms with Gasteiger partial charge < -0.3 is 15.4 Å². The lowest BCUT2D eigenvalue weighted by Gasteiger charge is -2.14. The van der Waals surface area contributed by atoms with E-state index in [4.69, 9.17) is 0 Å². The number of ether oxygens (including phenoxy) is 1. The molecule has 1 amide bonds. The van der Waals surface area contributed by atoms with E-state index in [-0.39, 0.29) is 17.0 Å². The van der Waals surface area contributed by atoms with Crippen molar-refractivity contribution in [3.05, 3.63) is 17.0 Å². The molecule has 0 aliphatic carbocycles. The zero-order chi connectivity index (χ0) is 16.2. The average molecular weight is 336 g/mol. The summed E-state index contributed by atoms with van der Waals surface area (Å²) in [6.07, 6.45) is -2.88. The topological polar surface area (TPSA) is 50.4 Å². The fraction of sp³-hybridized carbons (Fsp3) is 0.643. The van der Waals surface area contributed by atoms with Gasteiger partial charge in [-0.15, -0.1) is 11.3 Å². The number of hydrogen-bond donors (Lipinski definition) is 2. The molecule has 1 aromatic rings. The van der Waals surface area contributed by atoms with Gasteiger partial charge in [0.2, 0.25) is 5.91 Å². The number of hydrogen-bond acceptors (Lipinski definition) is 4. The van der Waals surface area contributed by atoms with Gasteiger partial charge >= 0.3 is 6.18 Å². The third-order valence-corrected chi connectivity index (χ3v) is 4.60. The van der Waals surface area contributed by atoms with Crippen LogP contribution in [0.4, 0.5) is 13.2 Å². The van der Waals surface area contributed by atoms with Gasteiger partial charge in [-0.2, -0.15) is 13.2 Å². The van der Waals surface area contributed by atoms with Crippen LogP contribution in [0.2, 0.25) is 0 Å². The molecule has 0 saturated carbocycles. The molecule has 2 heterocycles. The van der Waals surface area contributed by atoms with Gasteiger partial charge in [0.1, 0.15) is 0 Å². The lowest BCUT2D eigenvalue weighted by atomic mass is 10.0. The van der Waals surface area contributed by atoms with E-state index in [1.54, 1.807) is 6.07 Å². The summed E-state index contributed by atoms with van der Waals surface area (Å²) in [6, 6.07) is 2.93. The standard InChI is InChI=1S/C14H19F3N2O2S/c1-9(19-12(20)6-10-4-5-18-7-10)11-2-3-13(22-11)21-8-14(15,16)17/h2-3,9-10,18H,4-8H2,1H3,(H,19,20)/t9-,10-/m1/s1. The molecule has 0 bridgehead atoms. The Kier molecular flexibility index (Phi) is 5.69. The lowest BCUT2D eigenvalue weighted by molar-refractivity contribution is -0.152. The van der Waals surface area contributed by atoms with Gasteiger partial charge in [0.05, 0.1) is 6.04 Å². The van der Waals surface area contributed by atoms with Crippen molar-refractivity contribution in [2.75, 3.05) is 19.7 Å². The van der Waals surface area contributed by atoms with E-state index in [1.165, 1.54) is 6.07 Å². The number of halogens is 3. The Bertz CT molecular complexity index is 499. The Morgan fingerprint density at radius 1 is 1.55 bits per heavy atom. The summed E-state index contributed by atoms with van der Waals surface area (Å²) >= 11 is 1.12. The minimum atomic E-state index is -4.35. The van der Waals surface area contributed by atoms with Gasteiger partial charge in [-0.25, -0.2) is 0 Å². The molecule has 2 N–H and O–H groups in total. The van der Waals surface area contributed by atoms with E-state index in [2.05, 4.69) is 15.4 Å². The highest BCUT2D eigenvalue weighted by molar-refractivity contribution is 7.13. The number of carbonyl (C=O) groups excluding carboxylic acids is 1. The van der Waals surface area contributed by atoms with Crippen LogP contribution in [0.1, 0.15) is 30.7 Å². The van der Waals surface area contributed by atoms with Crippen LogP contribution in [0.5, 0.6) is 5.06 Å². The molecule has 8 heteroatoms. The third kappa shape index (κ3) is 5.49. The molecule has 0 unspecified atom stereocenters. The molecule has 2 atom stereocenters.